The smallest absolute Gasteiger partial charge is 0.0551 e. The zero-order valence-corrected chi connectivity index (χ0v) is 13.0. The molecule has 4 heteroatoms. The van der Waals surface area contributed by atoms with E-state index in [0.29, 0.717) is 6.54 Å². The second-order valence-corrected chi connectivity index (χ2v) is 5.26. The van der Waals surface area contributed by atoms with Crippen molar-refractivity contribution in [2.24, 2.45) is 5.73 Å². The number of hydrogen-bond acceptors (Lipinski definition) is 3. The fourth-order valence-corrected chi connectivity index (χ4v) is 2.64. The molecule has 0 heterocycles. The molecule has 1 unspecified atom stereocenters. The van der Waals surface area contributed by atoms with Gasteiger partial charge in [0.05, 0.1) is 6.04 Å². The first-order valence-corrected chi connectivity index (χ1v) is 9.02. The number of hydrogen-bond donors (Lipinski definition) is 2. The van der Waals surface area contributed by atoms with Crippen LogP contribution in [0.15, 0.2) is 66.7 Å². The van der Waals surface area contributed by atoms with Crippen LogP contribution in [0.2, 0.25) is 0 Å². The molecule has 0 aromatic heterocycles. The van der Waals surface area contributed by atoms with Crippen LogP contribution in [0.4, 0.5) is 0 Å². The minimum Gasteiger partial charge on any atom is -0.329 e. The fraction of sp³-hybridized carbons (Fsp3) is 0.143. The van der Waals surface area contributed by atoms with Crippen molar-refractivity contribution >= 4 is 30.3 Å². The van der Waals surface area contributed by atoms with Gasteiger partial charge in [0.25, 0.3) is 0 Å². The van der Waals surface area contributed by atoms with E-state index in [4.69, 9.17) is 5.73 Å². The predicted molar refractivity (Wildman–Crippen MR) is 89.4 cm³/mol. The summed E-state index contributed by atoms with van der Waals surface area (Å²) in [5.41, 5.74) is 6.85. The molecule has 96 valence electrons. The third-order valence-electron chi connectivity index (χ3n) is 2.29. The van der Waals surface area contributed by atoms with E-state index in [1.165, 1.54) is 5.56 Å². The van der Waals surface area contributed by atoms with Crippen molar-refractivity contribution in [3.8, 4) is 0 Å². The molecule has 0 saturated heterocycles. The van der Waals surface area contributed by atoms with E-state index in [9.17, 15) is 0 Å². The number of benzene rings is 2. The first-order valence-electron chi connectivity index (χ1n) is 5.66. The van der Waals surface area contributed by atoms with Crippen LogP contribution in [0.1, 0.15) is 11.6 Å². The molecule has 2 nitrogen and oxygen atoms in total. The summed E-state index contributed by atoms with van der Waals surface area (Å²) in [6.07, 6.45) is 0. The molecule has 1 atom stereocenters. The van der Waals surface area contributed by atoms with E-state index in [2.05, 4.69) is 38.1 Å². The molecule has 3 N–H and O–H groups in total. The van der Waals surface area contributed by atoms with Crippen LogP contribution >= 0.6 is 30.3 Å². The Balaban J connectivity index is 0.000000225. The molecule has 18 heavy (non-hydrogen) atoms. The van der Waals surface area contributed by atoms with Crippen molar-refractivity contribution < 1.29 is 0 Å². The lowest BCUT2D eigenvalue weighted by Crippen LogP contribution is -2.22. The second kappa shape index (κ2) is 10.4. The molecule has 2 aromatic carbocycles. The minimum absolute atomic E-state index is 0.257. The van der Waals surface area contributed by atoms with Gasteiger partial charge in [0.1, 0.15) is 0 Å². The third-order valence-corrected chi connectivity index (χ3v) is 3.43. The lowest BCUT2D eigenvalue weighted by Gasteiger charge is -2.13. The van der Waals surface area contributed by atoms with Crippen LogP contribution < -0.4 is 10.5 Å². The van der Waals surface area contributed by atoms with Gasteiger partial charge in [-0.2, -0.15) is 0 Å². The maximum atomic E-state index is 5.61. The number of rotatable bonds is 4. The Kier molecular flexibility index (Phi) is 8.93. The first-order chi connectivity index (χ1) is 8.88. The average Bonchev–Trinajstić information content (AvgIpc) is 2.48. The van der Waals surface area contributed by atoms with Crippen LogP contribution in [0, 0.1) is 0 Å². The zero-order chi connectivity index (χ0) is 13.1. The third kappa shape index (κ3) is 6.39. The summed E-state index contributed by atoms with van der Waals surface area (Å²) in [5.74, 6) is 0. The number of nitrogens with two attached hydrogens (primary N) is 1. The molecule has 0 fully saturated rings. The summed E-state index contributed by atoms with van der Waals surface area (Å²) >= 11 is 2.20. The number of nitrogens with one attached hydrogen (secondary N) is 1. The standard InChI is InChI=1S/C8H11IN2S.C6H6/c9-12-11-8(6-10)7-4-2-1-3-5-7;1-2-4-6-5-3-1/h1-5,8,11H,6,10H2;1-6H. The molecular formula is C14H17IN2S. The van der Waals surface area contributed by atoms with Gasteiger partial charge in [-0.3, -0.25) is 0 Å². The Labute approximate surface area is 125 Å². The van der Waals surface area contributed by atoms with Gasteiger partial charge in [-0.15, -0.1) is 0 Å². The molecule has 0 aliphatic rings. The summed E-state index contributed by atoms with van der Waals surface area (Å²) in [4.78, 5) is 0. The number of halogens is 1. The van der Waals surface area contributed by atoms with E-state index < -0.39 is 0 Å². The second-order valence-electron chi connectivity index (χ2n) is 3.55. The van der Waals surface area contributed by atoms with Crippen LogP contribution in [0.25, 0.3) is 0 Å². The monoisotopic (exact) mass is 372 g/mol. The molecular weight excluding hydrogens is 355 g/mol. The van der Waals surface area contributed by atoms with E-state index in [1.807, 2.05) is 54.6 Å². The molecule has 0 aliphatic heterocycles. The molecule has 0 amide bonds. The van der Waals surface area contributed by atoms with Crippen molar-refractivity contribution in [1.82, 2.24) is 4.72 Å². The molecule has 2 rings (SSSR count). The highest BCUT2D eigenvalue weighted by Gasteiger charge is 2.06. The Bertz CT molecular complexity index is 370. The van der Waals surface area contributed by atoms with Crippen molar-refractivity contribution in [1.29, 1.82) is 0 Å². The SMILES string of the molecule is NCC(NSI)c1ccccc1.c1ccccc1. The molecule has 0 radical (unpaired) electrons. The first kappa shape index (κ1) is 15.5. The van der Waals surface area contributed by atoms with E-state index in [0.717, 1.165) is 0 Å². The van der Waals surface area contributed by atoms with E-state index in [-0.39, 0.29) is 6.04 Å². The van der Waals surface area contributed by atoms with Gasteiger partial charge in [-0.25, -0.2) is 4.72 Å². The van der Waals surface area contributed by atoms with Gasteiger partial charge < -0.3 is 5.73 Å². The molecule has 0 bridgehead atoms. The maximum absolute atomic E-state index is 5.61. The van der Waals surface area contributed by atoms with Crippen LogP contribution in [-0.2, 0) is 0 Å². The van der Waals surface area contributed by atoms with Crippen molar-refractivity contribution in [3.05, 3.63) is 72.3 Å². The molecule has 0 aliphatic carbocycles. The van der Waals surface area contributed by atoms with Gasteiger partial charge in [0.15, 0.2) is 0 Å². The Morgan fingerprint density at radius 2 is 1.39 bits per heavy atom. The quantitative estimate of drug-likeness (QED) is 0.630. The molecule has 2 aromatic rings. The molecule has 0 saturated carbocycles. The Morgan fingerprint density at radius 3 is 1.78 bits per heavy atom. The van der Waals surface area contributed by atoms with Crippen molar-refractivity contribution in [2.45, 2.75) is 6.04 Å². The van der Waals surface area contributed by atoms with Gasteiger partial charge >= 0.3 is 0 Å². The Hall–Kier alpha value is -0.560. The summed E-state index contributed by atoms with van der Waals surface area (Å²) in [6.45, 7) is 0.625. The van der Waals surface area contributed by atoms with Gasteiger partial charge in [-0.05, 0) is 14.7 Å². The summed E-state index contributed by atoms with van der Waals surface area (Å²) < 4.78 is 3.23. The van der Waals surface area contributed by atoms with Gasteiger partial charge in [0, 0.05) is 27.8 Å². The molecule has 0 spiro atoms. The average molecular weight is 372 g/mol. The van der Waals surface area contributed by atoms with Crippen LogP contribution in [0.3, 0.4) is 0 Å². The summed E-state index contributed by atoms with van der Waals surface area (Å²) in [7, 11) is 1.57. The lowest BCUT2D eigenvalue weighted by atomic mass is 10.1. The van der Waals surface area contributed by atoms with Crippen LogP contribution in [0.5, 0.6) is 0 Å². The van der Waals surface area contributed by atoms with Gasteiger partial charge in [0.2, 0.25) is 0 Å². The zero-order valence-electron chi connectivity index (χ0n) is 10.00. The van der Waals surface area contributed by atoms with Gasteiger partial charge in [-0.1, -0.05) is 66.7 Å². The van der Waals surface area contributed by atoms with E-state index >= 15 is 0 Å². The minimum atomic E-state index is 0.257. The topological polar surface area (TPSA) is 38.0 Å². The van der Waals surface area contributed by atoms with Crippen molar-refractivity contribution in [2.75, 3.05) is 6.54 Å². The highest BCUT2D eigenvalue weighted by atomic mass is 127. The lowest BCUT2D eigenvalue weighted by molar-refractivity contribution is 0.691. The van der Waals surface area contributed by atoms with E-state index in [1.54, 1.807) is 9.12 Å². The predicted octanol–water partition coefficient (Wildman–Crippen LogP) is 3.96. The summed E-state index contributed by atoms with van der Waals surface area (Å²) in [5, 5.41) is 0. The Morgan fingerprint density at radius 1 is 0.944 bits per heavy atom. The maximum Gasteiger partial charge on any atom is 0.0551 e. The normalized spacial score (nSPS) is 11.2. The van der Waals surface area contributed by atoms with Crippen molar-refractivity contribution in [3.63, 3.8) is 0 Å². The van der Waals surface area contributed by atoms with Crippen LogP contribution in [-0.4, -0.2) is 6.54 Å². The highest BCUT2D eigenvalue weighted by molar-refractivity contribution is 14.2. The largest absolute Gasteiger partial charge is 0.329 e. The fourth-order valence-electron chi connectivity index (χ4n) is 1.38. The summed E-state index contributed by atoms with van der Waals surface area (Å²) in [6, 6.07) is 22.5. The highest BCUT2D eigenvalue weighted by Crippen LogP contribution is 2.17.